The van der Waals surface area contributed by atoms with E-state index >= 15 is 0 Å². The first-order valence-electron chi connectivity index (χ1n) is 8.50. The molecule has 1 spiro atoms. The van der Waals surface area contributed by atoms with E-state index in [4.69, 9.17) is 5.73 Å². The molecule has 0 unspecified atom stereocenters. The Kier molecular flexibility index (Phi) is 4.41. The third-order valence-electron chi connectivity index (χ3n) is 5.19. The summed E-state index contributed by atoms with van der Waals surface area (Å²) >= 11 is 3.69. The van der Waals surface area contributed by atoms with Crippen molar-refractivity contribution in [3.05, 3.63) is 46.8 Å². The van der Waals surface area contributed by atoms with Crippen LogP contribution in [0.2, 0.25) is 0 Å². The van der Waals surface area contributed by atoms with Crippen LogP contribution in [0.25, 0.3) is 0 Å². The van der Waals surface area contributed by atoms with Crippen molar-refractivity contribution in [1.29, 1.82) is 0 Å². The van der Waals surface area contributed by atoms with E-state index in [1.165, 1.54) is 9.77 Å². The van der Waals surface area contributed by atoms with E-state index in [2.05, 4.69) is 22.4 Å². The Morgan fingerprint density at radius 1 is 1.12 bits per heavy atom. The van der Waals surface area contributed by atoms with Crippen molar-refractivity contribution in [3.8, 4) is 0 Å². The molecule has 0 radical (unpaired) electrons. The number of benzene rings is 1. The molecule has 5 heteroatoms. The molecule has 1 aromatic heterocycles. The van der Waals surface area contributed by atoms with Crippen molar-refractivity contribution >= 4 is 34.6 Å². The maximum atomic E-state index is 12.4. The quantitative estimate of drug-likeness (QED) is 0.840. The van der Waals surface area contributed by atoms with Crippen molar-refractivity contribution in [2.75, 3.05) is 25.4 Å². The summed E-state index contributed by atoms with van der Waals surface area (Å²) in [5.41, 5.74) is 8.87. The normalized spacial score (nSPS) is 20.2. The van der Waals surface area contributed by atoms with Gasteiger partial charge in [0.05, 0.1) is 4.21 Å². The van der Waals surface area contributed by atoms with Gasteiger partial charge in [-0.3, -0.25) is 4.79 Å². The largest absolute Gasteiger partial charge is 0.399 e. The predicted octanol–water partition coefficient (Wildman–Crippen LogP) is 4.09. The fraction of sp³-hybridized carbons (Fsp3) is 0.421. The van der Waals surface area contributed by atoms with Crippen molar-refractivity contribution in [1.82, 2.24) is 4.90 Å². The summed E-state index contributed by atoms with van der Waals surface area (Å²) < 4.78 is 1.38. The number of likely N-dealkylation sites (tertiary alicyclic amines) is 1. The lowest BCUT2D eigenvalue weighted by Crippen LogP contribution is -2.45. The lowest BCUT2D eigenvalue weighted by Gasteiger charge is -2.42. The maximum Gasteiger partial charge on any atom is 0.166 e. The highest BCUT2D eigenvalue weighted by Gasteiger charge is 2.42. The minimum Gasteiger partial charge on any atom is -0.399 e. The number of piperidine rings is 1. The van der Waals surface area contributed by atoms with Crippen molar-refractivity contribution in [3.63, 3.8) is 0 Å². The fourth-order valence-corrected chi connectivity index (χ4v) is 6.44. The average molecular weight is 359 g/mol. The van der Waals surface area contributed by atoms with Gasteiger partial charge in [-0.1, -0.05) is 12.1 Å². The van der Waals surface area contributed by atoms with Gasteiger partial charge in [0.2, 0.25) is 0 Å². The predicted molar refractivity (Wildman–Crippen MR) is 102 cm³/mol. The van der Waals surface area contributed by atoms with Gasteiger partial charge in [-0.05, 0) is 61.5 Å². The second kappa shape index (κ2) is 6.54. The summed E-state index contributed by atoms with van der Waals surface area (Å²) in [6.45, 7) is 3.27. The number of carbonyl (C=O) groups is 1. The zero-order chi connectivity index (χ0) is 16.6. The minimum atomic E-state index is 0.145. The molecular formula is C19H22N2OS2. The Hall–Kier alpha value is -1.30. The minimum absolute atomic E-state index is 0.145. The van der Waals surface area contributed by atoms with Gasteiger partial charge >= 0.3 is 0 Å². The zero-order valence-corrected chi connectivity index (χ0v) is 15.3. The smallest absolute Gasteiger partial charge is 0.166 e. The van der Waals surface area contributed by atoms with Crippen molar-refractivity contribution in [2.45, 2.75) is 34.6 Å². The van der Waals surface area contributed by atoms with Gasteiger partial charge in [-0.25, -0.2) is 0 Å². The number of hydrogen-bond donors (Lipinski definition) is 1. The molecule has 2 aliphatic rings. The highest BCUT2D eigenvalue weighted by Crippen LogP contribution is 2.50. The van der Waals surface area contributed by atoms with Crippen LogP contribution in [0.15, 0.2) is 39.9 Å². The van der Waals surface area contributed by atoms with Crippen LogP contribution >= 0.6 is 23.1 Å². The van der Waals surface area contributed by atoms with E-state index < -0.39 is 0 Å². The number of anilines is 1. The average Bonchev–Trinajstić information content (AvgIpc) is 3.04. The molecular weight excluding hydrogens is 336 g/mol. The standard InChI is InChI=1S/C19H22N2OS2/c20-15-3-1-14(2-4-15)5-9-21-10-7-19(8-11-21)13-17(22)16-6-12-23-18(16)24-19/h1-4,6,12H,5,7-11,13,20H2. The summed E-state index contributed by atoms with van der Waals surface area (Å²) in [6.07, 6.45) is 4.01. The van der Waals surface area contributed by atoms with E-state index in [0.717, 1.165) is 50.1 Å². The lowest BCUT2D eigenvalue weighted by molar-refractivity contribution is 0.0939. The number of hydrogen-bond acceptors (Lipinski definition) is 5. The summed E-state index contributed by atoms with van der Waals surface area (Å²) in [5, 5.41) is 2.05. The molecule has 2 aliphatic heterocycles. The van der Waals surface area contributed by atoms with Crippen molar-refractivity contribution < 1.29 is 4.79 Å². The lowest BCUT2D eigenvalue weighted by atomic mass is 9.88. The van der Waals surface area contributed by atoms with E-state index in [0.29, 0.717) is 12.2 Å². The van der Waals surface area contributed by atoms with E-state index in [1.54, 1.807) is 11.3 Å². The Balaban J connectivity index is 1.34. The van der Waals surface area contributed by atoms with Gasteiger partial charge in [-0.15, -0.1) is 23.1 Å². The van der Waals surface area contributed by atoms with Gasteiger partial charge in [0.15, 0.2) is 5.78 Å². The van der Waals surface area contributed by atoms with Crippen molar-refractivity contribution in [2.24, 2.45) is 0 Å². The van der Waals surface area contributed by atoms with E-state index in [9.17, 15) is 4.79 Å². The van der Waals surface area contributed by atoms with Gasteiger partial charge in [0.25, 0.3) is 0 Å². The molecule has 1 fully saturated rings. The third-order valence-corrected chi connectivity index (χ3v) is 7.82. The number of thiophene rings is 1. The van der Waals surface area contributed by atoms with Crippen LogP contribution in [0.4, 0.5) is 5.69 Å². The van der Waals surface area contributed by atoms with Crippen LogP contribution in [0.3, 0.4) is 0 Å². The number of carbonyl (C=O) groups excluding carboxylic acids is 1. The van der Waals surface area contributed by atoms with Crippen LogP contribution in [0, 0.1) is 0 Å². The van der Waals surface area contributed by atoms with Gasteiger partial charge in [-0.2, -0.15) is 0 Å². The molecule has 4 rings (SSSR count). The number of nitrogens with zero attached hydrogens (tertiary/aromatic N) is 1. The monoisotopic (exact) mass is 358 g/mol. The van der Waals surface area contributed by atoms with E-state index in [1.807, 2.05) is 30.0 Å². The molecule has 3 heterocycles. The topological polar surface area (TPSA) is 46.3 Å². The molecule has 2 aromatic rings. The first-order valence-corrected chi connectivity index (χ1v) is 10.2. The molecule has 0 atom stereocenters. The van der Waals surface area contributed by atoms with Gasteiger partial charge < -0.3 is 10.6 Å². The summed E-state index contributed by atoms with van der Waals surface area (Å²) in [7, 11) is 0. The Morgan fingerprint density at radius 3 is 2.62 bits per heavy atom. The molecule has 0 bridgehead atoms. The number of rotatable bonds is 3. The number of nitrogen functional groups attached to an aromatic ring is 1. The summed E-state index contributed by atoms with van der Waals surface area (Å²) in [5.74, 6) is 0.348. The highest BCUT2D eigenvalue weighted by atomic mass is 32.2. The summed E-state index contributed by atoms with van der Waals surface area (Å²) in [4.78, 5) is 14.9. The number of ketones is 1. The number of thioether (sulfide) groups is 1. The Labute approximate surface area is 151 Å². The Morgan fingerprint density at radius 2 is 1.88 bits per heavy atom. The molecule has 1 saturated heterocycles. The number of Topliss-reactive ketones (excluding diaryl/α,β-unsaturated/α-hetero) is 1. The van der Waals surface area contributed by atoms with Crippen LogP contribution < -0.4 is 5.73 Å². The molecule has 3 nitrogen and oxygen atoms in total. The van der Waals surface area contributed by atoms with Crippen LogP contribution in [-0.4, -0.2) is 35.1 Å². The molecule has 0 aliphatic carbocycles. The number of fused-ring (bicyclic) bond motifs is 1. The third kappa shape index (κ3) is 3.25. The van der Waals surface area contributed by atoms with Crippen LogP contribution in [0.5, 0.6) is 0 Å². The zero-order valence-electron chi connectivity index (χ0n) is 13.7. The van der Waals surface area contributed by atoms with E-state index in [-0.39, 0.29) is 4.75 Å². The SMILES string of the molecule is Nc1ccc(CCN2CCC3(CC2)CC(=O)c2ccsc2S3)cc1. The molecule has 1 aromatic carbocycles. The Bertz CT molecular complexity index is 730. The molecule has 0 saturated carbocycles. The van der Waals surface area contributed by atoms with Gasteiger partial charge in [0.1, 0.15) is 0 Å². The second-order valence-corrected chi connectivity index (χ2v) is 9.49. The fourth-order valence-electron chi connectivity index (χ4n) is 3.64. The highest BCUT2D eigenvalue weighted by molar-refractivity contribution is 8.02. The molecule has 2 N–H and O–H groups in total. The first-order chi connectivity index (χ1) is 11.6. The molecule has 126 valence electrons. The molecule has 0 amide bonds. The van der Waals surface area contributed by atoms with Gasteiger partial charge in [0, 0.05) is 29.0 Å². The second-order valence-electron chi connectivity index (χ2n) is 6.84. The maximum absolute atomic E-state index is 12.4. The first kappa shape index (κ1) is 16.2. The molecule has 24 heavy (non-hydrogen) atoms. The summed E-state index contributed by atoms with van der Waals surface area (Å²) in [6, 6.07) is 10.2. The van der Waals surface area contributed by atoms with Crippen LogP contribution in [-0.2, 0) is 6.42 Å². The van der Waals surface area contributed by atoms with Crippen LogP contribution in [0.1, 0.15) is 35.2 Å². The number of nitrogens with two attached hydrogens (primary N) is 1.